The predicted molar refractivity (Wildman–Crippen MR) is 157 cm³/mol. The summed E-state index contributed by atoms with van der Waals surface area (Å²) in [6.07, 6.45) is 11.4. The number of benzene rings is 2. The fourth-order valence-electron chi connectivity index (χ4n) is 6.28. The largest absolute Gasteiger partial charge is 0.494 e. The van der Waals surface area contributed by atoms with Gasteiger partial charge in [0.25, 0.3) is 0 Å². The van der Waals surface area contributed by atoms with E-state index in [2.05, 4.69) is 87.2 Å². The first-order valence-corrected chi connectivity index (χ1v) is 14.3. The van der Waals surface area contributed by atoms with Crippen molar-refractivity contribution in [2.45, 2.75) is 65.2 Å². The fourth-order valence-corrected chi connectivity index (χ4v) is 6.28. The van der Waals surface area contributed by atoms with Gasteiger partial charge in [0.2, 0.25) is 0 Å². The quantitative estimate of drug-likeness (QED) is 0.325. The highest BCUT2D eigenvalue weighted by Crippen LogP contribution is 2.49. The first-order valence-electron chi connectivity index (χ1n) is 14.3. The number of nitrogens with zero attached hydrogens (tertiary/aromatic N) is 1. The number of fused-ring (bicyclic) bond motifs is 2. The molecular weight excluding hydrogens is 466 g/mol. The van der Waals surface area contributed by atoms with Crippen molar-refractivity contribution in [2.24, 2.45) is 0 Å². The van der Waals surface area contributed by atoms with Crippen molar-refractivity contribution >= 4 is 5.78 Å². The normalized spacial score (nSPS) is 18.1. The second-order valence-electron chi connectivity index (χ2n) is 11.3. The Balaban J connectivity index is 1.47. The number of carbonyl (C=O) groups excluding carboxylic acids is 1. The highest BCUT2D eigenvalue weighted by atomic mass is 16.5. The number of allylic oxidation sites excluding steroid dienone is 8. The summed E-state index contributed by atoms with van der Waals surface area (Å²) < 4.78 is 6.20. The predicted octanol–water partition coefficient (Wildman–Crippen LogP) is 7.79. The number of ether oxygens (including phenoxy) is 1. The molecule has 38 heavy (non-hydrogen) atoms. The molecule has 3 heteroatoms. The highest BCUT2D eigenvalue weighted by molar-refractivity contribution is 6.15. The van der Waals surface area contributed by atoms with Gasteiger partial charge in [0.15, 0.2) is 5.78 Å². The van der Waals surface area contributed by atoms with E-state index in [1.165, 1.54) is 27.9 Å². The molecule has 2 aromatic rings. The van der Waals surface area contributed by atoms with Crippen LogP contribution in [0.2, 0.25) is 0 Å². The molecule has 0 aliphatic heterocycles. The van der Waals surface area contributed by atoms with Crippen LogP contribution in [0.1, 0.15) is 74.9 Å². The molecule has 0 aromatic heterocycles. The van der Waals surface area contributed by atoms with Crippen LogP contribution < -0.4 is 4.74 Å². The molecule has 3 aliphatic carbocycles. The zero-order valence-electron chi connectivity index (χ0n) is 23.5. The summed E-state index contributed by atoms with van der Waals surface area (Å²) in [6, 6.07) is 16.8. The summed E-state index contributed by atoms with van der Waals surface area (Å²) in [6.45, 7) is 12.9. The Bertz CT molecular complexity index is 1320. The lowest BCUT2D eigenvalue weighted by molar-refractivity contribution is 0.102. The van der Waals surface area contributed by atoms with Crippen molar-refractivity contribution in [1.82, 2.24) is 4.90 Å². The van der Waals surface area contributed by atoms with Gasteiger partial charge in [0.1, 0.15) is 5.75 Å². The van der Waals surface area contributed by atoms with E-state index >= 15 is 0 Å². The van der Waals surface area contributed by atoms with Gasteiger partial charge in [-0.2, -0.15) is 0 Å². The van der Waals surface area contributed by atoms with Crippen LogP contribution in [0.15, 0.2) is 94.6 Å². The molecule has 2 aromatic carbocycles. The van der Waals surface area contributed by atoms with Crippen LogP contribution >= 0.6 is 0 Å². The number of hydrogen-bond acceptors (Lipinski definition) is 3. The van der Waals surface area contributed by atoms with Crippen LogP contribution in [0.4, 0.5) is 0 Å². The summed E-state index contributed by atoms with van der Waals surface area (Å²) in [7, 11) is 0. The maximum Gasteiger partial charge on any atom is 0.193 e. The number of hydrogen-bond donors (Lipinski definition) is 0. The molecule has 0 fully saturated rings. The van der Waals surface area contributed by atoms with Crippen molar-refractivity contribution in [2.75, 3.05) is 26.2 Å². The Morgan fingerprint density at radius 1 is 1.03 bits per heavy atom. The van der Waals surface area contributed by atoms with Gasteiger partial charge in [-0.25, -0.2) is 0 Å². The van der Waals surface area contributed by atoms with Gasteiger partial charge in [-0.05, 0) is 91.2 Å². The maximum absolute atomic E-state index is 14.1. The first kappa shape index (κ1) is 26.4. The van der Waals surface area contributed by atoms with E-state index < -0.39 is 0 Å². The van der Waals surface area contributed by atoms with E-state index in [0.29, 0.717) is 6.61 Å². The Labute approximate surface area is 228 Å². The molecule has 3 aliphatic rings. The van der Waals surface area contributed by atoms with Gasteiger partial charge in [0.05, 0.1) is 6.61 Å². The van der Waals surface area contributed by atoms with Crippen molar-refractivity contribution in [3.63, 3.8) is 0 Å². The number of carbonyl (C=O) groups is 1. The minimum absolute atomic E-state index is 0.180. The summed E-state index contributed by atoms with van der Waals surface area (Å²) in [5.41, 5.74) is 9.01. The Kier molecular flexibility index (Phi) is 7.85. The molecule has 0 bridgehead atoms. The lowest BCUT2D eigenvalue weighted by Crippen LogP contribution is -2.32. The van der Waals surface area contributed by atoms with Gasteiger partial charge < -0.3 is 9.64 Å². The number of Topliss-reactive ketones (excluding diaryl/α,β-unsaturated/α-hetero) is 1. The molecule has 5 rings (SSSR count). The second-order valence-corrected chi connectivity index (χ2v) is 11.3. The van der Waals surface area contributed by atoms with Crippen molar-refractivity contribution in [3.8, 4) is 5.75 Å². The zero-order valence-corrected chi connectivity index (χ0v) is 23.5. The van der Waals surface area contributed by atoms with Gasteiger partial charge in [-0.1, -0.05) is 81.8 Å². The van der Waals surface area contributed by atoms with E-state index in [9.17, 15) is 4.79 Å². The van der Waals surface area contributed by atoms with E-state index in [4.69, 9.17) is 4.74 Å². The first-order chi connectivity index (χ1) is 18.4. The van der Waals surface area contributed by atoms with Crippen molar-refractivity contribution in [1.29, 1.82) is 0 Å². The van der Waals surface area contributed by atoms with E-state index in [1.807, 2.05) is 12.1 Å². The van der Waals surface area contributed by atoms with Crippen LogP contribution in [-0.4, -0.2) is 36.9 Å². The van der Waals surface area contributed by atoms with Gasteiger partial charge in [-0.15, -0.1) is 0 Å². The van der Waals surface area contributed by atoms with Gasteiger partial charge >= 0.3 is 0 Å². The molecule has 0 saturated carbocycles. The van der Waals surface area contributed by atoms with Crippen LogP contribution in [0.3, 0.4) is 0 Å². The van der Waals surface area contributed by atoms with Crippen LogP contribution in [0, 0.1) is 0 Å². The molecule has 0 spiro atoms. The van der Waals surface area contributed by atoms with Crippen molar-refractivity contribution < 1.29 is 9.53 Å². The molecule has 0 radical (unpaired) electrons. The summed E-state index contributed by atoms with van der Waals surface area (Å²) in [5, 5.41) is 0. The minimum atomic E-state index is -0.265. The van der Waals surface area contributed by atoms with Gasteiger partial charge in [-0.3, -0.25) is 4.79 Å². The number of ketones is 1. The summed E-state index contributed by atoms with van der Waals surface area (Å²) in [4.78, 5) is 16.6. The Morgan fingerprint density at radius 3 is 2.58 bits per heavy atom. The molecular formula is C35H41NO2. The molecule has 0 amide bonds. The molecule has 3 nitrogen and oxygen atoms in total. The highest BCUT2D eigenvalue weighted by Gasteiger charge is 2.41. The Morgan fingerprint density at radius 2 is 1.82 bits per heavy atom. The molecule has 0 N–H and O–H groups in total. The topological polar surface area (TPSA) is 29.5 Å². The van der Waals surface area contributed by atoms with Crippen LogP contribution in [0.5, 0.6) is 5.75 Å². The van der Waals surface area contributed by atoms with Crippen molar-refractivity contribution in [3.05, 3.63) is 111 Å². The monoisotopic (exact) mass is 507 g/mol. The zero-order chi connectivity index (χ0) is 26.7. The molecule has 0 unspecified atom stereocenters. The third-order valence-corrected chi connectivity index (χ3v) is 8.52. The van der Waals surface area contributed by atoms with E-state index in [-0.39, 0.29) is 11.2 Å². The standard InChI is InChI=1S/C35H41NO2/c1-5-36(6-2)19-12-20-38-28-17-18-30-31(24-28)35(3,4)32-23-26(21-25-13-8-7-9-14-25)22-27-15-10-11-16-29(27)33(32)34(30)37/h7-10,13-15,17-18,22,24H,5-6,11-12,16,19-21,23H2,1-4H3. The lowest BCUT2D eigenvalue weighted by Gasteiger charge is -2.38. The third-order valence-electron chi connectivity index (χ3n) is 8.52. The fraction of sp³-hybridized carbons (Fsp3) is 0.400. The van der Waals surface area contributed by atoms with Gasteiger partial charge in [0, 0.05) is 23.1 Å². The minimum Gasteiger partial charge on any atom is -0.494 e. The smallest absolute Gasteiger partial charge is 0.193 e. The SMILES string of the molecule is CCN(CC)CCCOc1ccc2c(c1)C(C)(C)C1=C(C2=O)C2=C(C=CCC2)C=C(Cc2ccccc2)C1. The third kappa shape index (κ3) is 5.22. The molecule has 0 atom stereocenters. The van der Waals surface area contributed by atoms with Crippen LogP contribution in [0.25, 0.3) is 0 Å². The van der Waals surface area contributed by atoms with Crippen LogP contribution in [-0.2, 0) is 11.8 Å². The molecule has 0 heterocycles. The van der Waals surface area contributed by atoms with E-state index in [0.717, 1.165) is 74.2 Å². The Hall–Kier alpha value is -3.17. The molecule has 0 saturated heterocycles. The second kappa shape index (κ2) is 11.3. The summed E-state index contributed by atoms with van der Waals surface area (Å²) >= 11 is 0. The number of rotatable bonds is 9. The summed E-state index contributed by atoms with van der Waals surface area (Å²) in [5.74, 6) is 1.04. The lowest BCUT2D eigenvalue weighted by atomic mass is 9.65. The average Bonchev–Trinajstić information content (AvgIpc) is 3.10. The van der Waals surface area contributed by atoms with E-state index in [1.54, 1.807) is 0 Å². The molecule has 198 valence electrons. The maximum atomic E-state index is 14.1. The average molecular weight is 508 g/mol.